The van der Waals surface area contributed by atoms with Gasteiger partial charge in [0.15, 0.2) is 0 Å². The van der Waals surface area contributed by atoms with Crippen LogP contribution >= 0.6 is 0 Å². The molecule has 3 saturated heterocycles. The summed E-state index contributed by atoms with van der Waals surface area (Å²) in [6.07, 6.45) is 5.08. The van der Waals surface area contributed by atoms with E-state index in [0.717, 1.165) is 58.2 Å². The van der Waals surface area contributed by atoms with Crippen LogP contribution in [0.25, 0.3) is 0 Å². The lowest BCUT2D eigenvalue weighted by atomic mass is 9.99. The molecule has 3 aliphatic rings. The number of piperidine rings is 2. The fourth-order valence-corrected chi connectivity index (χ4v) is 4.43. The molecule has 0 aromatic rings. The van der Waals surface area contributed by atoms with E-state index >= 15 is 0 Å². The number of nitrogens with one attached hydrogen (secondary N) is 2. The van der Waals surface area contributed by atoms with Crippen molar-refractivity contribution in [1.29, 1.82) is 0 Å². The summed E-state index contributed by atoms with van der Waals surface area (Å²) in [4.78, 5) is 33.1. The highest BCUT2D eigenvalue weighted by molar-refractivity contribution is 5.68. The molecule has 2 atom stereocenters. The second-order valence-corrected chi connectivity index (χ2v) is 7.49. The fraction of sp³-hybridized carbons (Fsp3) is 0.889. The summed E-state index contributed by atoms with van der Waals surface area (Å²) in [6, 6.07) is 1.16. The first-order valence-electron chi connectivity index (χ1n) is 10.1. The minimum atomic E-state index is -0.253. The molecule has 0 aliphatic carbocycles. The summed E-state index contributed by atoms with van der Waals surface area (Å²) in [5.41, 5.74) is 0. The van der Waals surface area contributed by atoms with Crippen LogP contribution in [-0.2, 0) is 14.4 Å². The molecule has 0 bridgehead atoms. The van der Waals surface area contributed by atoms with Crippen molar-refractivity contribution in [3.63, 3.8) is 0 Å². The topological polar surface area (TPSA) is 77.2 Å². The number of amides is 1. The Kier molecular flexibility index (Phi) is 7.24. The Morgan fingerprint density at radius 1 is 1.08 bits per heavy atom. The van der Waals surface area contributed by atoms with Gasteiger partial charge in [0.25, 0.3) is 0 Å². The Bertz CT molecular complexity index is 464. The molecule has 8 nitrogen and oxygen atoms in total. The number of hydroxylamine groups is 2. The van der Waals surface area contributed by atoms with Crippen LogP contribution < -0.4 is 10.6 Å². The third-order valence-corrected chi connectivity index (χ3v) is 5.98. The summed E-state index contributed by atoms with van der Waals surface area (Å²) in [5, 5.41) is 7.90. The molecule has 0 saturated carbocycles. The van der Waals surface area contributed by atoms with Crippen molar-refractivity contribution in [1.82, 2.24) is 25.5 Å². The molecule has 148 valence electrons. The minimum absolute atomic E-state index is 0.232. The van der Waals surface area contributed by atoms with Gasteiger partial charge in [-0.05, 0) is 38.8 Å². The molecule has 3 aliphatic heterocycles. The van der Waals surface area contributed by atoms with Crippen molar-refractivity contribution >= 4 is 12.4 Å². The van der Waals surface area contributed by atoms with Crippen LogP contribution in [0.2, 0.25) is 0 Å². The molecule has 0 aromatic heterocycles. The van der Waals surface area contributed by atoms with Gasteiger partial charge in [0.05, 0.1) is 0 Å². The molecule has 26 heavy (non-hydrogen) atoms. The number of carbonyl (C=O) groups is 2. The maximum Gasteiger partial charge on any atom is 0.324 e. The van der Waals surface area contributed by atoms with Gasteiger partial charge in [0.2, 0.25) is 6.41 Å². The number of hydrogen-bond acceptors (Lipinski definition) is 7. The van der Waals surface area contributed by atoms with Crippen LogP contribution in [0.3, 0.4) is 0 Å². The maximum absolute atomic E-state index is 11.6. The van der Waals surface area contributed by atoms with Crippen LogP contribution in [0.15, 0.2) is 0 Å². The molecule has 0 aromatic carbocycles. The van der Waals surface area contributed by atoms with Crippen molar-refractivity contribution in [3.8, 4) is 0 Å². The zero-order valence-corrected chi connectivity index (χ0v) is 15.9. The summed E-state index contributed by atoms with van der Waals surface area (Å²) in [6.45, 7) is 9.13. The largest absolute Gasteiger partial charge is 0.366 e. The monoisotopic (exact) mass is 367 g/mol. The Morgan fingerprint density at radius 3 is 2.35 bits per heavy atom. The molecule has 2 N–H and O–H groups in total. The van der Waals surface area contributed by atoms with Crippen molar-refractivity contribution < 1.29 is 14.4 Å². The van der Waals surface area contributed by atoms with Crippen LogP contribution in [-0.4, -0.2) is 91.3 Å². The molecule has 8 heteroatoms. The predicted octanol–water partition coefficient (Wildman–Crippen LogP) is -0.239. The molecule has 0 spiro atoms. The van der Waals surface area contributed by atoms with E-state index < -0.39 is 0 Å². The molecular weight excluding hydrogens is 334 g/mol. The van der Waals surface area contributed by atoms with E-state index in [9.17, 15) is 9.59 Å². The van der Waals surface area contributed by atoms with E-state index in [-0.39, 0.29) is 12.1 Å². The SMILES string of the molecule is CCC(=O)ON1CCC(N2CCN(C3CCNCC3)CC2)CC1NC=O. The fourth-order valence-electron chi connectivity index (χ4n) is 4.43. The lowest BCUT2D eigenvalue weighted by Crippen LogP contribution is -2.59. The minimum Gasteiger partial charge on any atom is -0.366 e. The Hall–Kier alpha value is -1.22. The van der Waals surface area contributed by atoms with Crippen molar-refractivity contribution in [3.05, 3.63) is 0 Å². The van der Waals surface area contributed by atoms with E-state index in [2.05, 4.69) is 20.4 Å². The summed E-state index contributed by atoms with van der Waals surface area (Å²) in [5.74, 6) is -0.253. The maximum atomic E-state index is 11.6. The van der Waals surface area contributed by atoms with E-state index in [1.54, 1.807) is 12.0 Å². The van der Waals surface area contributed by atoms with Gasteiger partial charge in [-0.25, -0.2) is 0 Å². The Morgan fingerprint density at radius 2 is 1.73 bits per heavy atom. The average Bonchev–Trinajstić information content (AvgIpc) is 2.70. The molecule has 1 amide bonds. The van der Waals surface area contributed by atoms with Gasteiger partial charge in [-0.2, -0.15) is 0 Å². The quantitative estimate of drug-likeness (QED) is 0.628. The lowest BCUT2D eigenvalue weighted by Gasteiger charge is -2.46. The number of carbonyl (C=O) groups excluding carboxylic acids is 2. The number of nitrogens with zero attached hydrogens (tertiary/aromatic N) is 3. The lowest BCUT2D eigenvalue weighted by molar-refractivity contribution is -0.215. The first-order chi connectivity index (χ1) is 12.7. The van der Waals surface area contributed by atoms with E-state index in [1.165, 1.54) is 12.8 Å². The highest BCUT2D eigenvalue weighted by Crippen LogP contribution is 2.23. The van der Waals surface area contributed by atoms with Gasteiger partial charge < -0.3 is 15.5 Å². The van der Waals surface area contributed by atoms with E-state index in [0.29, 0.717) is 25.4 Å². The van der Waals surface area contributed by atoms with Crippen molar-refractivity contribution in [2.24, 2.45) is 0 Å². The second-order valence-electron chi connectivity index (χ2n) is 7.49. The van der Waals surface area contributed by atoms with Gasteiger partial charge in [0, 0.05) is 51.2 Å². The van der Waals surface area contributed by atoms with E-state index in [1.807, 2.05) is 0 Å². The molecule has 3 fully saturated rings. The van der Waals surface area contributed by atoms with Crippen molar-refractivity contribution in [2.75, 3.05) is 45.8 Å². The molecule has 0 radical (unpaired) electrons. The zero-order valence-electron chi connectivity index (χ0n) is 15.9. The highest BCUT2D eigenvalue weighted by atomic mass is 16.7. The first-order valence-corrected chi connectivity index (χ1v) is 10.1. The standard InChI is InChI=1S/C18H33N5O3/c1-2-18(25)26-23-8-5-16(13-17(23)20-14-24)22-11-9-21(10-12-22)15-3-6-19-7-4-15/h14-17,19H,2-13H2,1H3,(H,20,24). The van der Waals surface area contributed by atoms with Gasteiger partial charge in [-0.3, -0.25) is 19.4 Å². The predicted molar refractivity (Wildman–Crippen MR) is 98.1 cm³/mol. The summed E-state index contributed by atoms with van der Waals surface area (Å²) >= 11 is 0. The Balaban J connectivity index is 1.49. The van der Waals surface area contributed by atoms with Gasteiger partial charge in [0.1, 0.15) is 6.17 Å². The number of piperazine rings is 1. The van der Waals surface area contributed by atoms with Gasteiger partial charge in [-0.1, -0.05) is 6.92 Å². The second kappa shape index (κ2) is 9.64. The van der Waals surface area contributed by atoms with Crippen molar-refractivity contribution in [2.45, 2.75) is 57.3 Å². The molecule has 3 heterocycles. The summed E-state index contributed by atoms with van der Waals surface area (Å²) in [7, 11) is 0. The van der Waals surface area contributed by atoms with Gasteiger partial charge >= 0.3 is 5.97 Å². The highest BCUT2D eigenvalue weighted by Gasteiger charge is 2.35. The third kappa shape index (κ3) is 4.94. The molecule has 2 unspecified atom stereocenters. The third-order valence-electron chi connectivity index (χ3n) is 5.98. The zero-order chi connectivity index (χ0) is 18.4. The molecular formula is C18H33N5O3. The van der Waals surface area contributed by atoms with Gasteiger partial charge in [-0.15, -0.1) is 5.06 Å². The first kappa shape index (κ1) is 19.5. The van der Waals surface area contributed by atoms with Crippen LogP contribution in [0.1, 0.15) is 39.0 Å². The van der Waals surface area contributed by atoms with Crippen LogP contribution in [0.4, 0.5) is 0 Å². The van der Waals surface area contributed by atoms with Crippen LogP contribution in [0.5, 0.6) is 0 Å². The summed E-state index contributed by atoms with van der Waals surface area (Å²) < 4.78 is 0. The van der Waals surface area contributed by atoms with Crippen LogP contribution in [0, 0.1) is 0 Å². The smallest absolute Gasteiger partial charge is 0.324 e. The van der Waals surface area contributed by atoms with E-state index in [4.69, 9.17) is 4.84 Å². The average molecular weight is 367 g/mol. The number of rotatable bonds is 6. The Labute approximate surface area is 156 Å². The molecule has 3 rings (SSSR count). The number of hydrogen-bond donors (Lipinski definition) is 2. The normalized spacial score (nSPS) is 30.0.